The van der Waals surface area contributed by atoms with E-state index in [0.717, 1.165) is 28.6 Å². The molecule has 6 atom stereocenters. The normalized spacial score (nSPS) is 20.4. The summed E-state index contributed by atoms with van der Waals surface area (Å²) >= 11 is 0.752. The molecule has 312 valence electrons. The van der Waals surface area contributed by atoms with Crippen molar-refractivity contribution in [3.8, 4) is 5.75 Å². The number of aliphatic carboxylic acids is 1. The Morgan fingerprint density at radius 3 is 1.98 bits per heavy atom. The third kappa shape index (κ3) is 14.1. The zero-order chi connectivity index (χ0) is 42.4. The summed E-state index contributed by atoms with van der Waals surface area (Å²) in [6.45, 7) is 17.0. The molecule has 2 N–H and O–H groups in total. The Morgan fingerprint density at radius 2 is 1.50 bits per heavy atom. The lowest BCUT2D eigenvalue weighted by molar-refractivity contribution is -0.139. The lowest BCUT2D eigenvalue weighted by atomic mass is 10.1. The molecule has 1 saturated heterocycles. The molecule has 20 heteroatoms. The Bertz CT molecular complexity index is 1780. The molecule has 56 heavy (non-hydrogen) atoms. The number of imide groups is 1. The van der Waals surface area contributed by atoms with Gasteiger partial charge in [0.05, 0.1) is 11.9 Å². The van der Waals surface area contributed by atoms with Crippen LogP contribution in [0.25, 0.3) is 0 Å². The summed E-state index contributed by atoms with van der Waals surface area (Å²) in [5.41, 5.74) is -4.25. The Kier molecular flexibility index (Phi) is 15.2. The predicted molar refractivity (Wildman–Crippen MR) is 205 cm³/mol. The molecule has 1 aliphatic heterocycles. The van der Waals surface area contributed by atoms with Crippen LogP contribution in [-0.4, -0.2) is 85.9 Å². The monoisotopic (exact) mass is 830 g/mol. The van der Waals surface area contributed by atoms with Gasteiger partial charge in [0.2, 0.25) is 0 Å². The fourth-order valence-electron chi connectivity index (χ4n) is 4.93. The summed E-state index contributed by atoms with van der Waals surface area (Å²) in [4.78, 5) is 69.1. The van der Waals surface area contributed by atoms with Crippen LogP contribution in [-0.2, 0) is 32.8 Å². The molecule has 0 radical (unpaired) electrons. The number of para-hydroxylation sites is 1. The Labute approximate surface area is 329 Å². The molecule has 2 aromatic rings. The number of carboxylic acids is 1. The predicted octanol–water partition coefficient (Wildman–Crippen LogP) is 7.48. The molecule has 2 unspecified atom stereocenters. The van der Waals surface area contributed by atoms with Gasteiger partial charge >= 0.3 is 37.7 Å². The van der Waals surface area contributed by atoms with Crippen molar-refractivity contribution in [1.29, 1.82) is 0 Å². The number of carbonyl (C=O) groups excluding carboxylic acids is 3. The number of alkyl halides is 1. The average molecular weight is 831 g/mol. The van der Waals surface area contributed by atoms with Gasteiger partial charge in [-0.25, -0.2) is 28.1 Å². The molecule has 0 aliphatic carbocycles. The van der Waals surface area contributed by atoms with Crippen LogP contribution in [0.3, 0.4) is 0 Å². The van der Waals surface area contributed by atoms with Crippen LogP contribution in [0.5, 0.6) is 5.75 Å². The zero-order valence-electron chi connectivity index (χ0n) is 33.3. The van der Waals surface area contributed by atoms with Crippen molar-refractivity contribution in [3.63, 3.8) is 0 Å². The van der Waals surface area contributed by atoms with Crippen LogP contribution >= 0.6 is 19.5 Å². The van der Waals surface area contributed by atoms with Crippen molar-refractivity contribution in [3.05, 3.63) is 53.1 Å². The van der Waals surface area contributed by atoms with Crippen LogP contribution in [0.4, 0.5) is 24.6 Å². The maximum atomic E-state index is 16.5. The fourth-order valence-corrected chi connectivity index (χ4v) is 8.03. The SMILES string of the molecule is CC(C)CC(NP(=O)(OC[C@H]1S[C@@H](n2ccc(N(C(=O)OC(C)(C)C)C(=O)OC(C)(C)C)nc2=O)[C@@H](F)[C@@H]1OC(=O)OC(C)(C)C)Oc1ccccc1)C(=O)O. The van der Waals surface area contributed by atoms with Crippen molar-refractivity contribution >= 4 is 49.6 Å². The van der Waals surface area contributed by atoms with E-state index in [-0.39, 0.29) is 18.1 Å². The molecule has 1 aromatic carbocycles. The minimum absolute atomic E-state index is 0.0449. The number of thioether (sulfide) groups is 1. The van der Waals surface area contributed by atoms with Gasteiger partial charge < -0.3 is 28.6 Å². The van der Waals surface area contributed by atoms with Crippen LogP contribution in [0.2, 0.25) is 0 Å². The number of amides is 2. The van der Waals surface area contributed by atoms with Crippen molar-refractivity contribution in [2.24, 2.45) is 5.92 Å². The highest BCUT2D eigenvalue weighted by Gasteiger charge is 2.50. The maximum Gasteiger partial charge on any atom is 0.509 e. The lowest BCUT2D eigenvalue weighted by Crippen LogP contribution is -2.45. The van der Waals surface area contributed by atoms with Gasteiger partial charge in [0.1, 0.15) is 34.0 Å². The van der Waals surface area contributed by atoms with Gasteiger partial charge in [-0.2, -0.15) is 15.0 Å². The van der Waals surface area contributed by atoms with E-state index < -0.39 is 95.9 Å². The van der Waals surface area contributed by atoms with Crippen LogP contribution in [0.15, 0.2) is 47.4 Å². The van der Waals surface area contributed by atoms with Crippen LogP contribution in [0.1, 0.15) is 88.0 Å². The van der Waals surface area contributed by atoms with E-state index in [1.54, 1.807) is 94.4 Å². The molecule has 1 fully saturated rings. The van der Waals surface area contributed by atoms with Crippen LogP contribution < -0.4 is 20.2 Å². The molecular formula is C36H52FN4O13PS. The zero-order valence-corrected chi connectivity index (χ0v) is 35.1. The number of nitrogens with zero attached hydrogens (tertiary/aromatic N) is 3. The molecule has 0 saturated carbocycles. The molecule has 0 spiro atoms. The number of hydrogen-bond donors (Lipinski definition) is 2. The van der Waals surface area contributed by atoms with Gasteiger partial charge in [-0.3, -0.25) is 13.9 Å². The average Bonchev–Trinajstić information content (AvgIpc) is 3.31. The Morgan fingerprint density at radius 1 is 0.946 bits per heavy atom. The minimum Gasteiger partial charge on any atom is -0.480 e. The number of ether oxygens (including phenoxy) is 4. The van der Waals surface area contributed by atoms with Crippen molar-refractivity contribution in [2.45, 2.75) is 128 Å². The van der Waals surface area contributed by atoms with E-state index >= 15 is 4.39 Å². The van der Waals surface area contributed by atoms with E-state index in [2.05, 4.69) is 10.1 Å². The van der Waals surface area contributed by atoms with Gasteiger partial charge in [-0.05, 0) is 92.9 Å². The Balaban J connectivity index is 2.02. The molecule has 3 rings (SSSR count). The van der Waals surface area contributed by atoms with E-state index in [1.165, 1.54) is 12.1 Å². The summed E-state index contributed by atoms with van der Waals surface area (Å²) in [5, 5.41) is 9.71. The second-order valence-corrected chi connectivity index (χ2v) is 19.2. The van der Waals surface area contributed by atoms with E-state index in [9.17, 15) is 33.6 Å². The van der Waals surface area contributed by atoms with Crippen molar-refractivity contribution in [2.75, 3.05) is 11.5 Å². The van der Waals surface area contributed by atoms with E-state index in [1.807, 2.05) is 0 Å². The number of anilines is 1. The third-order valence-electron chi connectivity index (χ3n) is 7.06. The smallest absolute Gasteiger partial charge is 0.480 e. The van der Waals surface area contributed by atoms with Gasteiger partial charge in [0.25, 0.3) is 0 Å². The summed E-state index contributed by atoms with van der Waals surface area (Å²) in [6, 6.07) is 7.53. The highest BCUT2D eigenvalue weighted by Crippen LogP contribution is 2.50. The quantitative estimate of drug-likeness (QED) is 0.114. The maximum absolute atomic E-state index is 16.5. The first-order chi connectivity index (χ1) is 25.7. The summed E-state index contributed by atoms with van der Waals surface area (Å²) in [5.74, 6) is -1.87. The molecule has 17 nitrogen and oxygen atoms in total. The first-order valence-electron chi connectivity index (χ1n) is 17.7. The number of aromatic nitrogens is 2. The first-order valence-corrected chi connectivity index (χ1v) is 20.2. The molecule has 1 aliphatic rings. The molecule has 1 aromatic heterocycles. The highest BCUT2D eigenvalue weighted by atomic mass is 32.2. The molecule has 2 amide bonds. The number of carboxylic acid groups (broad SMARTS) is 1. The minimum atomic E-state index is -4.55. The number of rotatable bonds is 13. The van der Waals surface area contributed by atoms with Crippen LogP contribution in [0, 0.1) is 5.92 Å². The van der Waals surface area contributed by atoms with Gasteiger partial charge in [0.15, 0.2) is 18.1 Å². The molecular weight excluding hydrogens is 778 g/mol. The second kappa shape index (κ2) is 18.4. The summed E-state index contributed by atoms with van der Waals surface area (Å²) < 4.78 is 64.4. The first kappa shape index (κ1) is 46.2. The van der Waals surface area contributed by atoms with Gasteiger partial charge in [-0.15, -0.1) is 11.8 Å². The topological polar surface area (TPSA) is 211 Å². The van der Waals surface area contributed by atoms with Crippen molar-refractivity contribution in [1.82, 2.24) is 14.6 Å². The van der Waals surface area contributed by atoms with Gasteiger partial charge in [-0.1, -0.05) is 32.0 Å². The number of nitrogens with one attached hydrogen (secondary N) is 1. The largest absolute Gasteiger partial charge is 0.509 e. The number of halogens is 1. The molecule has 2 heterocycles. The Hall–Kier alpha value is -4.19. The summed E-state index contributed by atoms with van der Waals surface area (Å²) in [6.07, 6.45) is -6.31. The van der Waals surface area contributed by atoms with E-state index in [0.29, 0.717) is 4.90 Å². The number of benzene rings is 1. The van der Waals surface area contributed by atoms with Crippen molar-refractivity contribution < 1.29 is 61.2 Å². The molecule has 0 bridgehead atoms. The number of carbonyl (C=O) groups is 4. The lowest BCUT2D eigenvalue weighted by Gasteiger charge is -2.28. The number of hydrogen-bond acceptors (Lipinski definition) is 14. The summed E-state index contributed by atoms with van der Waals surface area (Å²) in [7, 11) is -4.55. The van der Waals surface area contributed by atoms with E-state index in [4.69, 9.17) is 28.0 Å². The van der Waals surface area contributed by atoms with Gasteiger partial charge in [0, 0.05) is 6.20 Å². The highest BCUT2D eigenvalue weighted by molar-refractivity contribution is 8.00. The standard InChI is InChI=1S/C36H52FN4O13PS/c1-21(2)19-23(29(42)43)39-55(48,54-22-15-13-12-14-16-22)49-20-24-27(50-33(47)53-36(9,10)11)26(37)28(56-24)40-18-17-25(38-30(40)44)41(31(45)51-34(3,4)5)32(46)52-35(6,7)8/h12-18,21,23-24,26-28H,19-20H2,1-11H3,(H,39,48)(H,42,43)/t23?,24-,26+,27-,28-,55?/m1/s1. The second-order valence-electron chi connectivity index (χ2n) is 16.2. The fraction of sp³-hybridized carbons (Fsp3) is 0.611. The third-order valence-corrected chi connectivity index (χ3v) is 10.1.